The fourth-order valence-electron chi connectivity index (χ4n) is 1.85. The Hall–Kier alpha value is -1.09. The number of pyridine rings is 1. The molecule has 0 fully saturated rings. The second kappa shape index (κ2) is 7.23. The SMILES string of the molecule is CCNC(CC)CCc1ncccc1OC. The van der Waals surface area contributed by atoms with Crippen molar-refractivity contribution in [2.75, 3.05) is 13.7 Å². The van der Waals surface area contributed by atoms with Gasteiger partial charge >= 0.3 is 0 Å². The Labute approximate surface area is 98.2 Å². The highest BCUT2D eigenvalue weighted by Crippen LogP contribution is 2.17. The predicted octanol–water partition coefficient (Wildman–Crippen LogP) is 2.41. The Kier molecular flexibility index (Phi) is 5.86. The molecule has 0 aliphatic heterocycles. The quantitative estimate of drug-likeness (QED) is 0.769. The zero-order valence-electron chi connectivity index (χ0n) is 10.5. The van der Waals surface area contributed by atoms with Gasteiger partial charge in [0.05, 0.1) is 12.8 Å². The van der Waals surface area contributed by atoms with Crippen LogP contribution in [0.2, 0.25) is 0 Å². The maximum absolute atomic E-state index is 5.29. The van der Waals surface area contributed by atoms with Gasteiger partial charge in [-0.25, -0.2) is 0 Å². The minimum absolute atomic E-state index is 0.580. The highest BCUT2D eigenvalue weighted by molar-refractivity contribution is 5.26. The zero-order chi connectivity index (χ0) is 11.8. The lowest BCUT2D eigenvalue weighted by atomic mass is 10.1. The molecule has 1 rings (SSSR count). The van der Waals surface area contributed by atoms with Gasteiger partial charge in [-0.3, -0.25) is 4.98 Å². The van der Waals surface area contributed by atoms with E-state index < -0.39 is 0 Å². The van der Waals surface area contributed by atoms with Crippen LogP contribution in [0.3, 0.4) is 0 Å². The lowest BCUT2D eigenvalue weighted by molar-refractivity contribution is 0.402. The average Bonchev–Trinajstić information content (AvgIpc) is 2.34. The second-order valence-corrected chi connectivity index (χ2v) is 3.85. The Morgan fingerprint density at radius 1 is 1.44 bits per heavy atom. The largest absolute Gasteiger partial charge is 0.495 e. The molecule has 0 saturated heterocycles. The van der Waals surface area contributed by atoms with E-state index in [4.69, 9.17) is 4.74 Å². The smallest absolute Gasteiger partial charge is 0.140 e. The fourth-order valence-corrected chi connectivity index (χ4v) is 1.85. The van der Waals surface area contributed by atoms with Gasteiger partial charge < -0.3 is 10.1 Å². The molecule has 3 heteroatoms. The van der Waals surface area contributed by atoms with Crippen LogP contribution in [0.1, 0.15) is 32.4 Å². The van der Waals surface area contributed by atoms with Gasteiger partial charge in [0.25, 0.3) is 0 Å². The second-order valence-electron chi connectivity index (χ2n) is 3.85. The fraction of sp³-hybridized carbons (Fsp3) is 0.615. The van der Waals surface area contributed by atoms with Crippen LogP contribution in [0.25, 0.3) is 0 Å². The van der Waals surface area contributed by atoms with E-state index in [-0.39, 0.29) is 0 Å². The van der Waals surface area contributed by atoms with Gasteiger partial charge in [-0.15, -0.1) is 0 Å². The average molecular weight is 222 g/mol. The maximum atomic E-state index is 5.29. The number of hydrogen-bond donors (Lipinski definition) is 1. The highest BCUT2D eigenvalue weighted by atomic mass is 16.5. The van der Waals surface area contributed by atoms with Crippen molar-refractivity contribution in [3.05, 3.63) is 24.0 Å². The van der Waals surface area contributed by atoms with Gasteiger partial charge in [-0.05, 0) is 37.9 Å². The van der Waals surface area contributed by atoms with E-state index in [1.54, 1.807) is 7.11 Å². The third-order valence-corrected chi connectivity index (χ3v) is 2.78. The molecule has 0 spiro atoms. The minimum atomic E-state index is 0.580. The molecule has 0 aliphatic carbocycles. The molecule has 1 heterocycles. The van der Waals surface area contributed by atoms with E-state index in [9.17, 15) is 0 Å². The van der Waals surface area contributed by atoms with Crippen LogP contribution >= 0.6 is 0 Å². The first-order valence-electron chi connectivity index (χ1n) is 6.03. The van der Waals surface area contributed by atoms with Gasteiger partial charge in [0.1, 0.15) is 5.75 Å². The van der Waals surface area contributed by atoms with Crippen LogP contribution < -0.4 is 10.1 Å². The Morgan fingerprint density at radius 2 is 2.25 bits per heavy atom. The Morgan fingerprint density at radius 3 is 2.88 bits per heavy atom. The normalized spacial score (nSPS) is 12.4. The monoisotopic (exact) mass is 222 g/mol. The summed E-state index contributed by atoms with van der Waals surface area (Å²) in [7, 11) is 1.70. The molecule has 0 amide bonds. The van der Waals surface area contributed by atoms with E-state index >= 15 is 0 Å². The first kappa shape index (κ1) is 13.0. The summed E-state index contributed by atoms with van der Waals surface area (Å²) in [5.41, 5.74) is 1.06. The summed E-state index contributed by atoms with van der Waals surface area (Å²) < 4.78 is 5.29. The van der Waals surface area contributed by atoms with Crippen molar-refractivity contribution in [1.29, 1.82) is 0 Å². The molecule has 1 aromatic rings. The third kappa shape index (κ3) is 3.81. The van der Waals surface area contributed by atoms with Gasteiger partial charge in [0.2, 0.25) is 0 Å². The molecule has 1 unspecified atom stereocenters. The lowest BCUT2D eigenvalue weighted by Crippen LogP contribution is -2.28. The Balaban J connectivity index is 2.52. The molecular formula is C13H22N2O. The summed E-state index contributed by atoms with van der Waals surface area (Å²) in [6.07, 6.45) is 5.06. The van der Waals surface area contributed by atoms with Crippen molar-refractivity contribution in [2.24, 2.45) is 0 Å². The molecule has 1 aromatic heterocycles. The standard InChI is InChI=1S/C13H22N2O/c1-4-11(14-5-2)8-9-12-13(16-3)7-6-10-15-12/h6-7,10-11,14H,4-5,8-9H2,1-3H3. The molecule has 0 aromatic carbocycles. The molecular weight excluding hydrogens is 200 g/mol. The van der Waals surface area contributed by atoms with Crippen LogP contribution in [0.15, 0.2) is 18.3 Å². The molecule has 1 N–H and O–H groups in total. The molecule has 3 nitrogen and oxygen atoms in total. The van der Waals surface area contributed by atoms with Crippen molar-refractivity contribution in [2.45, 2.75) is 39.2 Å². The topological polar surface area (TPSA) is 34.2 Å². The molecule has 0 saturated carbocycles. The minimum Gasteiger partial charge on any atom is -0.495 e. The molecule has 0 aliphatic rings. The van der Waals surface area contributed by atoms with E-state index in [2.05, 4.69) is 24.1 Å². The number of nitrogens with one attached hydrogen (secondary N) is 1. The number of aromatic nitrogens is 1. The van der Waals surface area contributed by atoms with E-state index in [0.717, 1.165) is 37.3 Å². The molecule has 0 bridgehead atoms. The predicted molar refractivity (Wildman–Crippen MR) is 66.9 cm³/mol. The van der Waals surface area contributed by atoms with Crippen molar-refractivity contribution >= 4 is 0 Å². The van der Waals surface area contributed by atoms with Crippen LogP contribution in [0.5, 0.6) is 5.75 Å². The summed E-state index contributed by atoms with van der Waals surface area (Å²) in [6.45, 7) is 5.38. The number of methoxy groups -OCH3 is 1. The van der Waals surface area contributed by atoms with Crippen LogP contribution in [0.4, 0.5) is 0 Å². The number of nitrogens with zero attached hydrogens (tertiary/aromatic N) is 1. The van der Waals surface area contributed by atoms with E-state index in [1.807, 2.05) is 18.3 Å². The first-order chi connectivity index (χ1) is 7.81. The van der Waals surface area contributed by atoms with E-state index in [1.165, 1.54) is 0 Å². The zero-order valence-corrected chi connectivity index (χ0v) is 10.5. The van der Waals surface area contributed by atoms with Gasteiger partial charge in [-0.1, -0.05) is 13.8 Å². The molecule has 0 radical (unpaired) electrons. The molecule has 1 atom stereocenters. The van der Waals surface area contributed by atoms with Gasteiger partial charge in [0.15, 0.2) is 0 Å². The summed E-state index contributed by atoms with van der Waals surface area (Å²) in [5.74, 6) is 0.897. The highest BCUT2D eigenvalue weighted by Gasteiger charge is 2.08. The van der Waals surface area contributed by atoms with Crippen molar-refractivity contribution in [3.8, 4) is 5.75 Å². The summed E-state index contributed by atoms with van der Waals surface area (Å²) in [5, 5.41) is 3.47. The summed E-state index contributed by atoms with van der Waals surface area (Å²) >= 11 is 0. The van der Waals surface area contributed by atoms with Gasteiger partial charge in [-0.2, -0.15) is 0 Å². The number of rotatable bonds is 7. The molecule has 90 valence electrons. The van der Waals surface area contributed by atoms with E-state index in [0.29, 0.717) is 6.04 Å². The Bertz CT molecular complexity index is 302. The third-order valence-electron chi connectivity index (χ3n) is 2.78. The van der Waals surface area contributed by atoms with Crippen molar-refractivity contribution in [3.63, 3.8) is 0 Å². The number of hydrogen-bond acceptors (Lipinski definition) is 3. The van der Waals surface area contributed by atoms with Crippen molar-refractivity contribution in [1.82, 2.24) is 10.3 Å². The lowest BCUT2D eigenvalue weighted by Gasteiger charge is -2.15. The summed E-state index contributed by atoms with van der Waals surface area (Å²) in [6, 6.07) is 4.46. The van der Waals surface area contributed by atoms with Crippen molar-refractivity contribution < 1.29 is 4.74 Å². The number of aryl methyl sites for hydroxylation is 1. The maximum Gasteiger partial charge on any atom is 0.140 e. The van der Waals surface area contributed by atoms with Gasteiger partial charge in [0, 0.05) is 12.2 Å². The first-order valence-corrected chi connectivity index (χ1v) is 6.03. The van der Waals surface area contributed by atoms with Crippen LogP contribution in [0, 0.1) is 0 Å². The van der Waals surface area contributed by atoms with Crippen LogP contribution in [-0.2, 0) is 6.42 Å². The van der Waals surface area contributed by atoms with Crippen LogP contribution in [-0.4, -0.2) is 24.7 Å². The molecule has 16 heavy (non-hydrogen) atoms. The summed E-state index contributed by atoms with van der Waals surface area (Å²) in [4.78, 5) is 4.36. The number of ether oxygens (including phenoxy) is 1.